The van der Waals surface area contributed by atoms with E-state index in [1.807, 2.05) is 0 Å². The summed E-state index contributed by atoms with van der Waals surface area (Å²) >= 11 is 0. The minimum atomic E-state index is -0.520. The number of non-ortho nitro benzene ring substituents is 1. The van der Waals surface area contributed by atoms with Crippen LogP contribution in [0.3, 0.4) is 0 Å². The molecular weight excluding hydrogens is 214 g/mol. The van der Waals surface area contributed by atoms with Gasteiger partial charge in [-0.1, -0.05) is 11.2 Å². The van der Waals surface area contributed by atoms with Crippen LogP contribution in [0.4, 0.5) is 5.69 Å². The Kier molecular flexibility index (Phi) is 2.20. The van der Waals surface area contributed by atoms with Crippen LogP contribution in [0.5, 0.6) is 0 Å². The molecule has 3 N–H and O–H groups in total. The molecule has 1 heterocycles. The predicted molar refractivity (Wildman–Crippen MR) is 55.4 cm³/mol. The van der Waals surface area contributed by atoms with Crippen molar-refractivity contribution in [3.8, 4) is 0 Å². The molecule has 0 aliphatic rings. The van der Waals surface area contributed by atoms with Gasteiger partial charge in [0.2, 0.25) is 5.84 Å². The van der Waals surface area contributed by atoms with Crippen molar-refractivity contribution in [1.82, 2.24) is 0 Å². The van der Waals surface area contributed by atoms with Gasteiger partial charge >= 0.3 is 0 Å². The van der Waals surface area contributed by atoms with Crippen LogP contribution in [-0.2, 0) is 0 Å². The summed E-state index contributed by atoms with van der Waals surface area (Å²) in [6, 6.07) is 5.78. The standard InChI is InChI=1S/C9H7N3O4/c10-9(11-13)8-4-5-6(12(14)15)2-1-3-7(5)16-8/h1-4,13H,(H2,10,11). The van der Waals surface area contributed by atoms with Gasteiger partial charge in [0, 0.05) is 12.1 Å². The van der Waals surface area contributed by atoms with E-state index in [0.717, 1.165) is 0 Å². The number of fused-ring (bicyclic) bond motifs is 1. The lowest BCUT2D eigenvalue weighted by Crippen LogP contribution is -2.11. The Morgan fingerprint density at radius 1 is 1.56 bits per heavy atom. The van der Waals surface area contributed by atoms with Crippen LogP contribution in [0, 0.1) is 10.1 Å². The molecule has 2 aromatic rings. The molecule has 0 unspecified atom stereocenters. The number of hydrogen-bond donors (Lipinski definition) is 2. The van der Waals surface area contributed by atoms with E-state index in [1.165, 1.54) is 18.2 Å². The number of benzene rings is 1. The molecule has 0 fully saturated rings. The zero-order valence-corrected chi connectivity index (χ0v) is 7.95. The van der Waals surface area contributed by atoms with Crippen LogP contribution >= 0.6 is 0 Å². The SMILES string of the molecule is NC(=NO)c1cc2c([N+](=O)[O-])cccc2o1. The summed E-state index contributed by atoms with van der Waals surface area (Å²) in [6.07, 6.45) is 0. The highest BCUT2D eigenvalue weighted by molar-refractivity contribution is 6.00. The minimum Gasteiger partial charge on any atom is -0.452 e. The minimum absolute atomic E-state index is 0.0850. The van der Waals surface area contributed by atoms with Gasteiger partial charge in [-0.15, -0.1) is 0 Å². The van der Waals surface area contributed by atoms with Crippen molar-refractivity contribution in [3.63, 3.8) is 0 Å². The van der Waals surface area contributed by atoms with Crippen LogP contribution in [0.1, 0.15) is 5.76 Å². The highest BCUT2D eigenvalue weighted by atomic mass is 16.6. The molecule has 0 radical (unpaired) electrons. The third kappa shape index (κ3) is 1.44. The van der Waals surface area contributed by atoms with E-state index < -0.39 is 4.92 Å². The van der Waals surface area contributed by atoms with E-state index in [0.29, 0.717) is 11.0 Å². The first-order chi connectivity index (χ1) is 7.63. The van der Waals surface area contributed by atoms with E-state index in [-0.39, 0.29) is 17.3 Å². The van der Waals surface area contributed by atoms with Gasteiger partial charge in [0.15, 0.2) is 5.76 Å². The van der Waals surface area contributed by atoms with Crippen molar-refractivity contribution in [3.05, 3.63) is 40.1 Å². The molecule has 16 heavy (non-hydrogen) atoms. The third-order valence-electron chi connectivity index (χ3n) is 2.10. The molecule has 7 heteroatoms. The molecule has 0 spiro atoms. The largest absolute Gasteiger partial charge is 0.452 e. The van der Waals surface area contributed by atoms with E-state index in [2.05, 4.69) is 5.16 Å². The second-order valence-electron chi connectivity index (χ2n) is 3.04. The monoisotopic (exact) mass is 221 g/mol. The highest BCUT2D eigenvalue weighted by Crippen LogP contribution is 2.28. The molecule has 0 amide bonds. The summed E-state index contributed by atoms with van der Waals surface area (Å²) in [5.74, 6) is -0.141. The Morgan fingerprint density at radius 2 is 2.31 bits per heavy atom. The van der Waals surface area contributed by atoms with Gasteiger partial charge < -0.3 is 15.4 Å². The number of nitrogens with zero attached hydrogens (tertiary/aromatic N) is 2. The van der Waals surface area contributed by atoms with Crippen molar-refractivity contribution < 1.29 is 14.5 Å². The summed E-state index contributed by atoms with van der Waals surface area (Å²) < 4.78 is 5.19. The number of nitrogens with two attached hydrogens (primary N) is 1. The molecule has 0 atom stereocenters. The van der Waals surface area contributed by atoms with Crippen molar-refractivity contribution in [2.45, 2.75) is 0 Å². The van der Waals surface area contributed by atoms with Gasteiger partial charge in [0.1, 0.15) is 5.58 Å². The summed E-state index contributed by atoms with van der Waals surface area (Å²) in [5, 5.41) is 22.3. The Labute approximate surface area is 88.9 Å². The van der Waals surface area contributed by atoms with E-state index in [4.69, 9.17) is 15.4 Å². The van der Waals surface area contributed by atoms with Crippen LogP contribution in [-0.4, -0.2) is 16.0 Å². The number of oxime groups is 1. The fourth-order valence-corrected chi connectivity index (χ4v) is 1.38. The van der Waals surface area contributed by atoms with E-state index >= 15 is 0 Å². The molecule has 0 aliphatic heterocycles. The smallest absolute Gasteiger partial charge is 0.280 e. The number of rotatable bonds is 2. The van der Waals surface area contributed by atoms with Gasteiger partial charge in [0.05, 0.1) is 10.3 Å². The Hall–Kier alpha value is -2.57. The first-order valence-electron chi connectivity index (χ1n) is 4.28. The van der Waals surface area contributed by atoms with Crippen molar-refractivity contribution in [2.24, 2.45) is 10.9 Å². The normalized spacial score (nSPS) is 11.9. The quantitative estimate of drug-likeness (QED) is 0.261. The average Bonchev–Trinajstić information content (AvgIpc) is 2.70. The fourth-order valence-electron chi connectivity index (χ4n) is 1.38. The topological polar surface area (TPSA) is 115 Å². The number of furan rings is 1. The molecule has 0 aliphatic carbocycles. The lowest BCUT2D eigenvalue weighted by atomic mass is 10.2. The number of nitro benzene ring substituents is 1. The zero-order chi connectivity index (χ0) is 11.7. The van der Waals surface area contributed by atoms with Gasteiger partial charge in [-0.2, -0.15) is 0 Å². The van der Waals surface area contributed by atoms with Crippen LogP contribution in [0.2, 0.25) is 0 Å². The lowest BCUT2D eigenvalue weighted by molar-refractivity contribution is -0.383. The number of amidine groups is 1. The Bertz CT molecular complexity index is 587. The third-order valence-corrected chi connectivity index (χ3v) is 2.10. The predicted octanol–water partition coefficient (Wildman–Crippen LogP) is 1.44. The summed E-state index contributed by atoms with van der Waals surface area (Å²) in [6.45, 7) is 0. The van der Waals surface area contributed by atoms with Gasteiger partial charge in [-0.3, -0.25) is 10.1 Å². The molecular formula is C9H7N3O4. The second kappa shape index (κ2) is 3.54. The highest BCUT2D eigenvalue weighted by Gasteiger charge is 2.16. The summed E-state index contributed by atoms with van der Waals surface area (Å²) in [7, 11) is 0. The maximum atomic E-state index is 10.7. The molecule has 2 rings (SSSR count). The average molecular weight is 221 g/mol. The van der Waals surface area contributed by atoms with Crippen LogP contribution in [0.25, 0.3) is 11.0 Å². The zero-order valence-electron chi connectivity index (χ0n) is 7.95. The molecule has 0 saturated heterocycles. The van der Waals surface area contributed by atoms with Crippen LogP contribution in [0.15, 0.2) is 33.8 Å². The molecule has 82 valence electrons. The summed E-state index contributed by atoms with van der Waals surface area (Å²) in [4.78, 5) is 10.2. The number of hydrogen-bond acceptors (Lipinski definition) is 5. The molecule has 0 bridgehead atoms. The Balaban J connectivity index is 2.70. The fraction of sp³-hybridized carbons (Fsp3) is 0. The molecule has 1 aromatic carbocycles. The van der Waals surface area contributed by atoms with Crippen LogP contribution < -0.4 is 5.73 Å². The van der Waals surface area contributed by atoms with E-state index in [9.17, 15) is 10.1 Å². The van der Waals surface area contributed by atoms with E-state index in [1.54, 1.807) is 6.07 Å². The molecule has 1 aromatic heterocycles. The first-order valence-corrected chi connectivity index (χ1v) is 4.28. The van der Waals surface area contributed by atoms with Crippen molar-refractivity contribution in [2.75, 3.05) is 0 Å². The maximum Gasteiger partial charge on any atom is 0.280 e. The van der Waals surface area contributed by atoms with Crippen molar-refractivity contribution >= 4 is 22.5 Å². The number of nitro groups is 1. The molecule has 7 nitrogen and oxygen atoms in total. The van der Waals surface area contributed by atoms with Crippen molar-refractivity contribution in [1.29, 1.82) is 0 Å². The van der Waals surface area contributed by atoms with Gasteiger partial charge in [-0.25, -0.2) is 0 Å². The summed E-state index contributed by atoms with van der Waals surface area (Å²) in [5.41, 5.74) is 5.55. The second-order valence-corrected chi connectivity index (χ2v) is 3.04. The molecule has 0 saturated carbocycles. The Morgan fingerprint density at radius 3 is 2.94 bits per heavy atom. The van der Waals surface area contributed by atoms with Gasteiger partial charge in [0.25, 0.3) is 5.69 Å². The van der Waals surface area contributed by atoms with Gasteiger partial charge in [-0.05, 0) is 6.07 Å². The lowest BCUT2D eigenvalue weighted by Gasteiger charge is -1.90. The first kappa shape index (κ1) is 9.97. The maximum absolute atomic E-state index is 10.7.